The topological polar surface area (TPSA) is 83.3 Å². The Morgan fingerprint density at radius 2 is 1.29 bits per heavy atom. The number of rotatable bonds is 8. The van der Waals surface area contributed by atoms with Crippen molar-refractivity contribution in [3.05, 3.63) is 47.5 Å². The first-order chi connectivity index (χ1) is 13.5. The Kier molecular flexibility index (Phi) is 7.26. The molecule has 146 valence electrons. The molecule has 0 atom stereocenters. The lowest BCUT2D eigenvalue weighted by atomic mass is 10.1. The van der Waals surface area contributed by atoms with E-state index in [4.69, 9.17) is 5.84 Å². The molecule has 0 fully saturated rings. The van der Waals surface area contributed by atoms with E-state index in [0.717, 1.165) is 37.3 Å². The van der Waals surface area contributed by atoms with Crippen molar-refractivity contribution in [3.8, 4) is 12.1 Å². The van der Waals surface area contributed by atoms with Crippen LogP contribution in [-0.4, -0.2) is 27.2 Å². The van der Waals surface area contributed by atoms with E-state index in [1.54, 1.807) is 6.07 Å². The van der Waals surface area contributed by atoms with Crippen LogP contribution >= 0.6 is 0 Å². The molecule has 0 aliphatic rings. The molecule has 0 amide bonds. The molecule has 0 spiro atoms. The summed E-state index contributed by atoms with van der Waals surface area (Å²) in [6, 6.07) is 15.7. The van der Waals surface area contributed by atoms with E-state index in [0.29, 0.717) is 22.5 Å². The molecular weight excluding hydrogens is 348 g/mol. The second-order valence-electron chi connectivity index (χ2n) is 6.88. The van der Waals surface area contributed by atoms with Crippen molar-refractivity contribution in [2.75, 3.05) is 42.0 Å². The van der Waals surface area contributed by atoms with Gasteiger partial charge in [0.15, 0.2) is 0 Å². The molecule has 2 aromatic rings. The normalized spacial score (nSPS) is 10.1. The van der Waals surface area contributed by atoms with Crippen LogP contribution in [0.3, 0.4) is 0 Å². The molecule has 2 N–H and O–H groups in total. The van der Waals surface area contributed by atoms with Crippen LogP contribution in [0, 0.1) is 22.7 Å². The van der Waals surface area contributed by atoms with Crippen LogP contribution in [0.5, 0.6) is 0 Å². The number of nitriles is 2. The lowest BCUT2D eigenvalue weighted by molar-refractivity contribution is 0.745. The fourth-order valence-electron chi connectivity index (χ4n) is 3.16. The summed E-state index contributed by atoms with van der Waals surface area (Å²) in [6.07, 6.45) is 2.08. The molecule has 2 rings (SSSR count). The van der Waals surface area contributed by atoms with Crippen LogP contribution in [0.4, 0.5) is 22.7 Å². The zero-order valence-corrected chi connectivity index (χ0v) is 17.1. The number of hydrogen-bond acceptors (Lipinski definition) is 6. The summed E-state index contributed by atoms with van der Waals surface area (Å²) in [4.78, 5) is 4.20. The molecule has 0 radical (unpaired) electrons. The Bertz CT molecular complexity index is 885. The molecule has 6 heteroatoms. The number of hydrazine groups is 1. The van der Waals surface area contributed by atoms with Gasteiger partial charge in [-0.25, -0.2) is 5.84 Å². The van der Waals surface area contributed by atoms with E-state index in [9.17, 15) is 10.5 Å². The average Bonchev–Trinajstić information content (AvgIpc) is 2.72. The minimum atomic E-state index is 0.459. The van der Waals surface area contributed by atoms with Gasteiger partial charge in [-0.2, -0.15) is 10.5 Å². The fraction of sp³-hybridized carbons (Fsp3) is 0.364. The minimum absolute atomic E-state index is 0.459. The van der Waals surface area contributed by atoms with Gasteiger partial charge in [0, 0.05) is 38.6 Å². The van der Waals surface area contributed by atoms with Crippen molar-refractivity contribution in [1.29, 1.82) is 10.5 Å². The highest BCUT2D eigenvalue weighted by molar-refractivity contribution is 5.76. The zero-order valence-electron chi connectivity index (χ0n) is 17.1. The Labute approximate surface area is 168 Å². The zero-order chi connectivity index (χ0) is 20.7. The van der Waals surface area contributed by atoms with E-state index in [2.05, 4.69) is 30.9 Å². The summed E-state index contributed by atoms with van der Waals surface area (Å²) in [6.45, 7) is 6.17. The highest BCUT2D eigenvalue weighted by Crippen LogP contribution is 2.32. The molecule has 0 saturated heterocycles. The van der Waals surface area contributed by atoms with Gasteiger partial charge in [0.25, 0.3) is 0 Å². The Morgan fingerprint density at radius 1 is 0.821 bits per heavy atom. The maximum absolute atomic E-state index is 9.70. The minimum Gasteiger partial charge on any atom is -0.378 e. The van der Waals surface area contributed by atoms with Gasteiger partial charge in [0.05, 0.1) is 22.5 Å². The first-order valence-corrected chi connectivity index (χ1v) is 9.52. The van der Waals surface area contributed by atoms with Gasteiger partial charge in [-0.05, 0) is 49.2 Å². The van der Waals surface area contributed by atoms with E-state index in [-0.39, 0.29) is 0 Å². The second kappa shape index (κ2) is 9.64. The molecule has 0 bridgehead atoms. The van der Waals surface area contributed by atoms with Gasteiger partial charge in [-0.3, -0.25) is 5.01 Å². The maximum atomic E-state index is 9.70. The van der Waals surface area contributed by atoms with Crippen LogP contribution in [0.1, 0.15) is 37.8 Å². The lowest BCUT2D eigenvalue weighted by Crippen LogP contribution is -2.28. The lowest BCUT2D eigenvalue weighted by Gasteiger charge is -2.26. The smallest absolute Gasteiger partial charge is 0.101 e. The fourth-order valence-corrected chi connectivity index (χ4v) is 3.16. The standard InChI is InChI=1S/C22H28N6/c1-5-11-27(12-6-2)20-8-10-22(18(14-20)16-24)28(25)21-9-7-19(26(3)4)13-17(21)15-23/h7-10,13-14H,5-6,11-12,25H2,1-4H3. The summed E-state index contributed by atoms with van der Waals surface area (Å²) in [5.41, 5.74) is 4.02. The summed E-state index contributed by atoms with van der Waals surface area (Å²) in [7, 11) is 3.84. The van der Waals surface area contributed by atoms with Gasteiger partial charge in [-0.15, -0.1) is 0 Å². The second-order valence-corrected chi connectivity index (χ2v) is 6.88. The van der Waals surface area contributed by atoms with Gasteiger partial charge in [0.2, 0.25) is 0 Å². The molecule has 2 aromatic carbocycles. The third-order valence-corrected chi connectivity index (χ3v) is 4.59. The van der Waals surface area contributed by atoms with Gasteiger partial charge in [0.1, 0.15) is 12.1 Å². The van der Waals surface area contributed by atoms with Gasteiger partial charge < -0.3 is 9.80 Å². The predicted molar refractivity (Wildman–Crippen MR) is 116 cm³/mol. The van der Waals surface area contributed by atoms with Crippen molar-refractivity contribution in [3.63, 3.8) is 0 Å². The number of anilines is 4. The number of hydrogen-bond donors (Lipinski definition) is 1. The first kappa shape index (κ1) is 21.1. The van der Waals surface area contributed by atoms with Crippen molar-refractivity contribution in [2.24, 2.45) is 5.84 Å². The Morgan fingerprint density at radius 3 is 1.71 bits per heavy atom. The number of nitrogens with two attached hydrogens (primary N) is 1. The molecule has 28 heavy (non-hydrogen) atoms. The monoisotopic (exact) mass is 376 g/mol. The van der Waals surface area contributed by atoms with Crippen molar-refractivity contribution >= 4 is 22.7 Å². The maximum Gasteiger partial charge on any atom is 0.101 e. The first-order valence-electron chi connectivity index (χ1n) is 9.52. The van der Waals surface area contributed by atoms with E-state index < -0.39 is 0 Å². The summed E-state index contributed by atoms with van der Waals surface area (Å²) in [5, 5.41) is 20.7. The van der Waals surface area contributed by atoms with Crippen LogP contribution in [-0.2, 0) is 0 Å². The molecule has 6 nitrogen and oxygen atoms in total. The van der Waals surface area contributed by atoms with Crippen molar-refractivity contribution in [2.45, 2.75) is 26.7 Å². The van der Waals surface area contributed by atoms with Crippen LogP contribution in [0.2, 0.25) is 0 Å². The highest BCUT2D eigenvalue weighted by Gasteiger charge is 2.16. The molecule has 0 aromatic heterocycles. The predicted octanol–water partition coefficient (Wildman–Crippen LogP) is 4.13. The highest BCUT2D eigenvalue weighted by atomic mass is 15.4. The summed E-state index contributed by atoms with van der Waals surface area (Å²) in [5.74, 6) is 6.34. The van der Waals surface area contributed by atoms with Gasteiger partial charge in [-0.1, -0.05) is 13.8 Å². The SMILES string of the molecule is CCCN(CCC)c1ccc(N(N)c2ccc(N(C)C)cc2C#N)c(C#N)c1. The van der Waals surface area contributed by atoms with Gasteiger partial charge >= 0.3 is 0 Å². The van der Waals surface area contributed by atoms with Crippen molar-refractivity contribution in [1.82, 2.24) is 0 Å². The largest absolute Gasteiger partial charge is 0.378 e. The molecule has 0 saturated carbocycles. The molecule has 0 aliphatic carbocycles. The summed E-state index contributed by atoms with van der Waals surface area (Å²) >= 11 is 0. The van der Waals surface area contributed by atoms with E-state index in [1.807, 2.05) is 49.3 Å². The Balaban J connectivity index is 2.45. The number of benzene rings is 2. The van der Waals surface area contributed by atoms with Crippen LogP contribution in [0.15, 0.2) is 36.4 Å². The van der Waals surface area contributed by atoms with E-state index in [1.165, 1.54) is 5.01 Å². The number of nitrogens with zero attached hydrogens (tertiary/aromatic N) is 5. The molecule has 0 aliphatic heterocycles. The summed E-state index contributed by atoms with van der Waals surface area (Å²) < 4.78 is 0. The Hall–Kier alpha value is -3.22. The third kappa shape index (κ3) is 4.54. The molecule has 0 unspecified atom stereocenters. The quantitative estimate of drug-likeness (QED) is 0.551. The third-order valence-electron chi connectivity index (χ3n) is 4.59. The molecule has 0 heterocycles. The molecular formula is C22H28N6. The van der Waals surface area contributed by atoms with Crippen LogP contribution < -0.4 is 20.7 Å². The van der Waals surface area contributed by atoms with Crippen LogP contribution in [0.25, 0.3) is 0 Å². The van der Waals surface area contributed by atoms with Crippen molar-refractivity contribution < 1.29 is 0 Å². The average molecular weight is 377 g/mol. The van der Waals surface area contributed by atoms with E-state index >= 15 is 0 Å².